The standard InChI is InChI=1S/C10H18N2O4/c1-6(2)9(10(11)16)12-7(13)4-3-5-8(14)15/h6,9H,3-5H2,1-2H3,(H2,11,16)(H,12,13)(H,14,15)/t9-/m0/s1. The molecule has 0 aromatic heterocycles. The lowest BCUT2D eigenvalue weighted by atomic mass is 10.0. The lowest BCUT2D eigenvalue weighted by Gasteiger charge is -2.18. The number of carboxylic acid groups (broad SMARTS) is 1. The van der Waals surface area contributed by atoms with E-state index in [1.807, 2.05) is 0 Å². The molecule has 0 bridgehead atoms. The average Bonchev–Trinajstić information content (AvgIpc) is 2.12. The highest BCUT2D eigenvalue weighted by Crippen LogP contribution is 2.02. The van der Waals surface area contributed by atoms with E-state index in [1.54, 1.807) is 13.8 Å². The minimum absolute atomic E-state index is 0.0592. The second kappa shape index (κ2) is 6.81. The molecular formula is C10H18N2O4. The Morgan fingerprint density at radius 3 is 2.19 bits per heavy atom. The van der Waals surface area contributed by atoms with E-state index in [4.69, 9.17) is 10.8 Å². The van der Waals surface area contributed by atoms with Gasteiger partial charge in [-0.1, -0.05) is 13.8 Å². The molecule has 0 unspecified atom stereocenters. The molecule has 0 aromatic rings. The number of hydrogen-bond acceptors (Lipinski definition) is 3. The second-order valence-corrected chi connectivity index (χ2v) is 3.94. The molecule has 0 aliphatic heterocycles. The number of rotatable bonds is 7. The summed E-state index contributed by atoms with van der Waals surface area (Å²) < 4.78 is 0. The number of primary amides is 1. The first-order valence-electron chi connectivity index (χ1n) is 5.15. The van der Waals surface area contributed by atoms with Gasteiger partial charge in [0.15, 0.2) is 0 Å². The molecule has 6 heteroatoms. The molecule has 1 atom stereocenters. The molecule has 0 aromatic carbocycles. The van der Waals surface area contributed by atoms with Crippen LogP contribution in [0.4, 0.5) is 0 Å². The zero-order valence-electron chi connectivity index (χ0n) is 9.53. The van der Waals surface area contributed by atoms with Crippen molar-refractivity contribution < 1.29 is 19.5 Å². The van der Waals surface area contributed by atoms with Gasteiger partial charge in [-0.15, -0.1) is 0 Å². The van der Waals surface area contributed by atoms with Crippen LogP contribution in [0.1, 0.15) is 33.1 Å². The third kappa shape index (κ3) is 6.00. The summed E-state index contributed by atoms with van der Waals surface area (Å²) in [7, 11) is 0. The Morgan fingerprint density at radius 1 is 1.25 bits per heavy atom. The molecule has 0 fully saturated rings. The smallest absolute Gasteiger partial charge is 0.303 e. The van der Waals surface area contributed by atoms with Crippen LogP contribution in [0.15, 0.2) is 0 Å². The SMILES string of the molecule is CC(C)[C@H](NC(=O)CCCC(=O)O)C(N)=O. The van der Waals surface area contributed by atoms with Crippen LogP contribution >= 0.6 is 0 Å². The van der Waals surface area contributed by atoms with Gasteiger partial charge in [-0.25, -0.2) is 0 Å². The van der Waals surface area contributed by atoms with Gasteiger partial charge in [0, 0.05) is 12.8 Å². The Morgan fingerprint density at radius 2 is 1.81 bits per heavy atom. The molecule has 0 aliphatic carbocycles. The van der Waals surface area contributed by atoms with Gasteiger partial charge in [0.25, 0.3) is 0 Å². The van der Waals surface area contributed by atoms with Crippen LogP contribution in [0, 0.1) is 5.92 Å². The van der Waals surface area contributed by atoms with Gasteiger partial charge in [-0.3, -0.25) is 14.4 Å². The minimum Gasteiger partial charge on any atom is -0.481 e. The van der Waals surface area contributed by atoms with E-state index in [0.717, 1.165) is 0 Å². The summed E-state index contributed by atoms with van der Waals surface area (Å²) in [6.07, 6.45) is 0.282. The van der Waals surface area contributed by atoms with Crippen molar-refractivity contribution in [2.24, 2.45) is 11.7 Å². The van der Waals surface area contributed by atoms with Crippen LogP contribution in [0.2, 0.25) is 0 Å². The van der Waals surface area contributed by atoms with Crippen molar-refractivity contribution in [3.63, 3.8) is 0 Å². The van der Waals surface area contributed by atoms with Crippen molar-refractivity contribution >= 4 is 17.8 Å². The van der Waals surface area contributed by atoms with E-state index < -0.39 is 17.9 Å². The van der Waals surface area contributed by atoms with E-state index in [9.17, 15) is 14.4 Å². The molecule has 2 amide bonds. The molecule has 16 heavy (non-hydrogen) atoms. The maximum atomic E-state index is 11.3. The van der Waals surface area contributed by atoms with Gasteiger partial charge in [-0.2, -0.15) is 0 Å². The number of aliphatic carboxylic acids is 1. The molecule has 4 N–H and O–H groups in total. The third-order valence-electron chi connectivity index (χ3n) is 2.08. The highest BCUT2D eigenvalue weighted by molar-refractivity contribution is 5.86. The fourth-order valence-corrected chi connectivity index (χ4v) is 1.21. The number of carbonyl (C=O) groups excluding carboxylic acids is 2. The lowest BCUT2D eigenvalue weighted by molar-refractivity contribution is -0.137. The highest BCUT2D eigenvalue weighted by Gasteiger charge is 2.21. The van der Waals surface area contributed by atoms with Crippen molar-refractivity contribution in [3.05, 3.63) is 0 Å². The second-order valence-electron chi connectivity index (χ2n) is 3.94. The number of nitrogens with two attached hydrogens (primary N) is 1. The maximum absolute atomic E-state index is 11.3. The van der Waals surface area contributed by atoms with Gasteiger partial charge < -0.3 is 16.2 Å². The molecule has 92 valence electrons. The van der Waals surface area contributed by atoms with Gasteiger partial charge >= 0.3 is 5.97 Å². The lowest BCUT2D eigenvalue weighted by Crippen LogP contribution is -2.47. The zero-order chi connectivity index (χ0) is 12.7. The third-order valence-corrected chi connectivity index (χ3v) is 2.08. The summed E-state index contributed by atoms with van der Waals surface area (Å²) in [5.41, 5.74) is 5.12. The zero-order valence-corrected chi connectivity index (χ0v) is 9.53. The van der Waals surface area contributed by atoms with E-state index in [1.165, 1.54) is 0 Å². The van der Waals surface area contributed by atoms with E-state index in [-0.39, 0.29) is 31.1 Å². The minimum atomic E-state index is -0.942. The van der Waals surface area contributed by atoms with Gasteiger partial charge in [-0.05, 0) is 12.3 Å². The largest absolute Gasteiger partial charge is 0.481 e. The summed E-state index contributed by atoms with van der Waals surface area (Å²) in [5, 5.41) is 10.9. The first-order chi connectivity index (χ1) is 7.34. The monoisotopic (exact) mass is 230 g/mol. The number of carboxylic acids is 1. The van der Waals surface area contributed by atoms with Crippen molar-refractivity contribution in [3.8, 4) is 0 Å². The van der Waals surface area contributed by atoms with Crippen molar-refractivity contribution in [1.82, 2.24) is 5.32 Å². The van der Waals surface area contributed by atoms with Gasteiger partial charge in [0.2, 0.25) is 11.8 Å². The molecule has 0 spiro atoms. The van der Waals surface area contributed by atoms with Crippen molar-refractivity contribution in [2.75, 3.05) is 0 Å². The number of hydrogen-bond donors (Lipinski definition) is 3. The van der Waals surface area contributed by atoms with Crippen LogP contribution in [0.25, 0.3) is 0 Å². The predicted molar refractivity (Wildman–Crippen MR) is 57.4 cm³/mol. The van der Waals surface area contributed by atoms with Crippen LogP contribution in [0.3, 0.4) is 0 Å². The van der Waals surface area contributed by atoms with Crippen LogP contribution < -0.4 is 11.1 Å². The molecule has 0 saturated heterocycles. The molecule has 0 heterocycles. The van der Waals surface area contributed by atoms with E-state index in [0.29, 0.717) is 0 Å². The molecule has 6 nitrogen and oxygen atoms in total. The number of amides is 2. The maximum Gasteiger partial charge on any atom is 0.303 e. The normalized spacial score (nSPS) is 12.2. The van der Waals surface area contributed by atoms with Gasteiger partial charge in [0.05, 0.1) is 0 Å². The molecule has 0 radical (unpaired) electrons. The first kappa shape index (κ1) is 14.4. The summed E-state index contributed by atoms with van der Waals surface area (Å²) in [4.78, 5) is 32.5. The first-order valence-corrected chi connectivity index (χ1v) is 5.15. The van der Waals surface area contributed by atoms with Crippen LogP contribution in [-0.4, -0.2) is 28.9 Å². The Bertz CT molecular complexity index is 276. The molecule has 0 rings (SSSR count). The Balaban J connectivity index is 4.01. The molecule has 0 aliphatic rings. The Hall–Kier alpha value is -1.59. The van der Waals surface area contributed by atoms with Crippen molar-refractivity contribution in [1.29, 1.82) is 0 Å². The van der Waals surface area contributed by atoms with E-state index >= 15 is 0 Å². The Kier molecular flexibility index (Phi) is 6.14. The number of nitrogens with one attached hydrogen (secondary N) is 1. The van der Waals surface area contributed by atoms with E-state index in [2.05, 4.69) is 5.32 Å². The summed E-state index contributed by atoms with van der Waals surface area (Å²) >= 11 is 0. The Labute approximate surface area is 94.2 Å². The van der Waals surface area contributed by atoms with Gasteiger partial charge in [0.1, 0.15) is 6.04 Å². The summed E-state index contributed by atoms with van der Waals surface area (Å²) in [6, 6.07) is -0.697. The fourth-order valence-electron chi connectivity index (χ4n) is 1.21. The quantitative estimate of drug-likeness (QED) is 0.565. The van der Waals surface area contributed by atoms with Crippen LogP contribution in [-0.2, 0) is 14.4 Å². The molecule has 0 saturated carbocycles. The topological polar surface area (TPSA) is 109 Å². The predicted octanol–water partition coefficient (Wildman–Crippen LogP) is -0.133. The highest BCUT2D eigenvalue weighted by atomic mass is 16.4. The number of carbonyl (C=O) groups is 3. The average molecular weight is 230 g/mol. The summed E-state index contributed by atoms with van der Waals surface area (Å²) in [5.74, 6) is -1.95. The summed E-state index contributed by atoms with van der Waals surface area (Å²) in [6.45, 7) is 3.54. The van der Waals surface area contributed by atoms with Crippen LogP contribution in [0.5, 0.6) is 0 Å². The van der Waals surface area contributed by atoms with Crippen molar-refractivity contribution in [2.45, 2.75) is 39.2 Å². The fraction of sp³-hybridized carbons (Fsp3) is 0.700. The molecular weight excluding hydrogens is 212 g/mol.